The molecule has 0 radical (unpaired) electrons. The molecule has 8 N–H and O–H groups in total. The van der Waals surface area contributed by atoms with Crippen LogP contribution in [0.4, 0.5) is 38.9 Å². The molecule has 0 atom stereocenters. The molecule has 25 heteroatoms. The molecule has 0 spiro atoms. The zero-order chi connectivity index (χ0) is 44.1. The number of amides is 2. The summed E-state index contributed by atoms with van der Waals surface area (Å²) in [5.41, 5.74) is -0.760. The lowest BCUT2D eigenvalue weighted by atomic mass is 10.1. The Morgan fingerprint density at radius 1 is 0.483 bits per heavy atom. The minimum Gasteiger partial charge on any atom is -0.505 e. The molecule has 6 rings (SSSR count). The van der Waals surface area contributed by atoms with Crippen LogP contribution in [-0.4, -0.2) is 68.1 Å². The van der Waals surface area contributed by atoms with Gasteiger partial charge in [0, 0.05) is 22.1 Å². The summed E-state index contributed by atoms with van der Waals surface area (Å²) in [5, 5.41) is 42.4. The van der Waals surface area contributed by atoms with Gasteiger partial charge in [0.15, 0.2) is 11.5 Å². The number of hydrogen-bond acceptors (Lipinski definition) is 15. The van der Waals surface area contributed by atoms with E-state index in [0.29, 0.717) is 0 Å². The molecule has 0 bridgehead atoms. The molecule has 21 nitrogen and oxygen atoms in total. The van der Waals surface area contributed by atoms with Crippen molar-refractivity contribution in [2.45, 2.75) is 33.4 Å². The van der Waals surface area contributed by atoms with Crippen LogP contribution in [0.1, 0.15) is 11.1 Å². The topological polar surface area (TPSA) is 349 Å². The molecule has 0 aliphatic carbocycles. The maximum atomic E-state index is 13.1. The van der Waals surface area contributed by atoms with E-state index < -0.39 is 89.0 Å². The summed E-state index contributed by atoms with van der Waals surface area (Å²) < 4.78 is 134. The minimum atomic E-state index is -5.06. The number of aryl methyl sites for hydroxylation is 2. The number of benzene rings is 6. The largest absolute Gasteiger partial charge is 0.505 e. The smallest absolute Gasteiger partial charge is 0.323 e. The van der Waals surface area contributed by atoms with Gasteiger partial charge in [0.2, 0.25) is 0 Å². The van der Waals surface area contributed by atoms with Crippen LogP contribution in [0.15, 0.2) is 125 Å². The first kappa shape index (κ1) is 43.1. The number of phenolic OH excluding ortho intramolecular Hbond substituents is 2. The Morgan fingerprint density at radius 3 is 1.17 bits per heavy atom. The van der Waals surface area contributed by atoms with E-state index in [2.05, 4.69) is 31.1 Å². The van der Waals surface area contributed by atoms with Gasteiger partial charge in [0.1, 0.15) is 21.2 Å². The number of fused-ring (bicyclic) bond motifs is 2. The van der Waals surface area contributed by atoms with Gasteiger partial charge in [-0.05, 0) is 121 Å². The van der Waals surface area contributed by atoms with Crippen molar-refractivity contribution < 1.29 is 66.9 Å². The van der Waals surface area contributed by atoms with Gasteiger partial charge < -0.3 is 20.8 Å². The second kappa shape index (κ2) is 15.6. The van der Waals surface area contributed by atoms with E-state index in [9.17, 15) is 66.9 Å². The molecule has 0 aromatic heterocycles. The third-order valence-electron chi connectivity index (χ3n) is 8.62. The fourth-order valence-electron chi connectivity index (χ4n) is 5.75. The second-order valence-electron chi connectivity index (χ2n) is 12.8. The summed E-state index contributed by atoms with van der Waals surface area (Å²) in [6.45, 7) is 2.86. The third-order valence-corrected chi connectivity index (χ3v) is 12.1. The SMILES string of the molecule is Cc1cc(S(=O)(=O)O)ccc1N=Nc1c(S(=O)(=O)O)cc2cc(NC(=O)Nc3ccc4c(O)c(N=Nc5ccc(S(=O)(=O)O)cc5C)c(S(=O)(=O)O)cc4c3)ccc2c1O. The molecule has 0 heterocycles. The first-order chi connectivity index (χ1) is 27.8. The van der Waals surface area contributed by atoms with Crippen molar-refractivity contribution in [2.24, 2.45) is 20.5 Å². The Hall–Kier alpha value is -6.45. The van der Waals surface area contributed by atoms with Crippen molar-refractivity contribution >= 4 is 102 Å². The van der Waals surface area contributed by atoms with Crippen molar-refractivity contribution in [2.75, 3.05) is 10.6 Å². The van der Waals surface area contributed by atoms with Crippen molar-refractivity contribution in [3.05, 3.63) is 96.1 Å². The van der Waals surface area contributed by atoms with E-state index in [1.165, 1.54) is 62.4 Å². The number of phenols is 2. The maximum absolute atomic E-state index is 13.1. The van der Waals surface area contributed by atoms with Crippen LogP contribution in [0.3, 0.4) is 0 Å². The number of carbonyl (C=O) groups is 1. The predicted molar refractivity (Wildman–Crippen MR) is 214 cm³/mol. The van der Waals surface area contributed by atoms with Gasteiger partial charge in [-0.3, -0.25) is 18.2 Å². The summed E-state index contributed by atoms with van der Waals surface area (Å²) in [6.07, 6.45) is 0. The molecular weight excluding hydrogens is 873 g/mol. The molecular formula is C35H28N6O15S4. The predicted octanol–water partition coefficient (Wildman–Crippen LogP) is 7.48. The number of carbonyl (C=O) groups excluding carboxylic acids is 1. The van der Waals surface area contributed by atoms with Gasteiger partial charge in [-0.25, -0.2) is 4.79 Å². The zero-order valence-electron chi connectivity index (χ0n) is 30.4. The Morgan fingerprint density at radius 2 is 0.850 bits per heavy atom. The van der Waals surface area contributed by atoms with Gasteiger partial charge in [-0.1, -0.05) is 0 Å². The summed E-state index contributed by atoms with van der Waals surface area (Å²) >= 11 is 0. The standard InChI is InChI=1S/C35H28N6O15S4/c1-17-11-23(57(45,46)47)5-9-27(17)38-40-31-29(59(51,52)53)15-19-13-21(3-7-25(19)33(31)42)36-35(44)37-22-4-8-26-20(14-22)16-30(60(54,55)56)32(34(26)43)41-39-28-10-6-24(12-18(28)2)58(48,49)50/h3-16,42-43H,1-2H3,(H2,36,37,44)(H,45,46,47)(H,48,49,50)(H,51,52,53)(H,54,55,56). The van der Waals surface area contributed by atoms with Crippen LogP contribution in [-0.2, 0) is 40.5 Å². The molecule has 0 fully saturated rings. The lowest BCUT2D eigenvalue weighted by Gasteiger charge is -2.13. The van der Waals surface area contributed by atoms with Crippen molar-refractivity contribution in [3.8, 4) is 11.5 Å². The molecule has 0 saturated carbocycles. The lowest BCUT2D eigenvalue weighted by Crippen LogP contribution is -2.19. The third kappa shape index (κ3) is 9.22. The summed E-state index contributed by atoms with van der Waals surface area (Å²) in [7, 11) is -19.2. The number of nitrogens with zero attached hydrogens (tertiary/aromatic N) is 4. The Labute approximate surface area is 339 Å². The highest BCUT2D eigenvalue weighted by molar-refractivity contribution is 7.86. The zero-order valence-corrected chi connectivity index (χ0v) is 33.6. The Kier molecular flexibility index (Phi) is 11.2. The number of rotatable bonds is 10. The lowest BCUT2D eigenvalue weighted by molar-refractivity contribution is 0.262. The molecule has 0 aliphatic heterocycles. The minimum absolute atomic E-state index is 0.00252. The molecule has 60 heavy (non-hydrogen) atoms. The van der Waals surface area contributed by atoms with E-state index in [1.807, 2.05) is 0 Å². The average molecular weight is 901 g/mol. The molecule has 0 saturated heterocycles. The molecule has 312 valence electrons. The number of aromatic hydroxyl groups is 2. The van der Waals surface area contributed by atoms with Crippen molar-refractivity contribution in [3.63, 3.8) is 0 Å². The quantitative estimate of drug-likeness (QED) is 0.0488. The highest BCUT2D eigenvalue weighted by Crippen LogP contribution is 2.44. The number of anilines is 2. The van der Waals surface area contributed by atoms with E-state index in [1.54, 1.807) is 0 Å². The summed E-state index contributed by atoms with van der Waals surface area (Å²) in [6, 6.07) is 15.3. The monoisotopic (exact) mass is 900 g/mol. The van der Waals surface area contributed by atoms with Crippen LogP contribution in [0.5, 0.6) is 11.5 Å². The van der Waals surface area contributed by atoms with Gasteiger partial charge in [0.25, 0.3) is 40.5 Å². The highest BCUT2D eigenvalue weighted by atomic mass is 32.2. The van der Waals surface area contributed by atoms with Gasteiger partial charge in [-0.15, -0.1) is 10.2 Å². The van der Waals surface area contributed by atoms with E-state index in [0.717, 1.165) is 36.4 Å². The Balaban J connectivity index is 1.27. The molecule has 6 aromatic carbocycles. The van der Waals surface area contributed by atoms with Gasteiger partial charge >= 0.3 is 6.03 Å². The fraction of sp³-hybridized carbons (Fsp3) is 0.0571. The van der Waals surface area contributed by atoms with Crippen LogP contribution in [0, 0.1) is 13.8 Å². The number of hydrogen-bond donors (Lipinski definition) is 8. The highest BCUT2D eigenvalue weighted by Gasteiger charge is 2.24. The maximum Gasteiger partial charge on any atom is 0.323 e. The van der Waals surface area contributed by atoms with Gasteiger partial charge in [-0.2, -0.15) is 43.9 Å². The van der Waals surface area contributed by atoms with Gasteiger partial charge in [0.05, 0.1) is 21.2 Å². The molecule has 0 aliphatic rings. The molecule has 6 aromatic rings. The summed E-state index contributed by atoms with van der Waals surface area (Å²) in [5.74, 6) is -1.46. The van der Waals surface area contributed by atoms with Crippen LogP contribution in [0.25, 0.3) is 21.5 Å². The number of urea groups is 1. The Bertz CT molecular complexity index is 3120. The van der Waals surface area contributed by atoms with E-state index in [4.69, 9.17) is 0 Å². The van der Waals surface area contributed by atoms with Crippen LogP contribution in [0.2, 0.25) is 0 Å². The van der Waals surface area contributed by atoms with Crippen LogP contribution < -0.4 is 10.6 Å². The fourth-order valence-corrected chi connectivity index (χ4v) is 8.19. The summed E-state index contributed by atoms with van der Waals surface area (Å²) in [4.78, 5) is 10.4. The van der Waals surface area contributed by atoms with Crippen LogP contribution >= 0.6 is 0 Å². The second-order valence-corrected chi connectivity index (χ2v) is 18.4. The van der Waals surface area contributed by atoms with Crippen molar-refractivity contribution in [1.82, 2.24) is 0 Å². The first-order valence-electron chi connectivity index (χ1n) is 16.4. The first-order valence-corrected chi connectivity index (χ1v) is 22.2. The molecule has 2 amide bonds. The number of azo groups is 2. The van der Waals surface area contributed by atoms with E-state index in [-0.39, 0.29) is 55.4 Å². The van der Waals surface area contributed by atoms with Crippen molar-refractivity contribution in [1.29, 1.82) is 0 Å². The normalized spacial score (nSPS) is 12.8. The average Bonchev–Trinajstić information content (AvgIpc) is 3.13. The number of nitrogens with one attached hydrogen (secondary N) is 2. The molecule has 0 unspecified atom stereocenters. The van der Waals surface area contributed by atoms with E-state index >= 15 is 0 Å².